The summed E-state index contributed by atoms with van der Waals surface area (Å²) in [6.45, 7) is 1.15. The highest BCUT2D eigenvalue weighted by Gasteiger charge is 2.33. The van der Waals surface area contributed by atoms with Crippen LogP contribution in [0.5, 0.6) is 0 Å². The molecule has 0 unspecified atom stereocenters. The molecule has 0 amide bonds. The van der Waals surface area contributed by atoms with Gasteiger partial charge in [-0.25, -0.2) is 17.8 Å². The minimum absolute atomic E-state index is 0.127. The van der Waals surface area contributed by atoms with E-state index in [1.54, 1.807) is 12.1 Å². The first kappa shape index (κ1) is 22.8. The van der Waals surface area contributed by atoms with Gasteiger partial charge in [-0.1, -0.05) is 34.8 Å². The molecule has 4 nitrogen and oxygen atoms in total. The number of anilines is 1. The van der Waals surface area contributed by atoms with Gasteiger partial charge in [0.15, 0.2) is 15.0 Å². The van der Waals surface area contributed by atoms with Crippen LogP contribution in [0.4, 0.5) is 9.52 Å². The van der Waals surface area contributed by atoms with Crippen molar-refractivity contribution in [3.8, 4) is 0 Å². The Balaban J connectivity index is 1.42. The van der Waals surface area contributed by atoms with Crippen LogP contribution in [0.25, 0.3) is 0 Å². The second kappa shape index (κ2) is 9.24. The van der Waals surface area contributed by atoms with Gasteiger partial charge in [0.25, 0.3) is 0 Å². The van der Waals surface area contributed by atoms with Crippen molar-refractivity contribution >= 4 is 61.1 Å². The molecule has 0 N–H and O–H groups in total. The molecule has 1 saturated heterocycles. The molecule has 0 aliphatic carbocycles. The van der Waals surface area contributed by atoms with Gasteiger partial charge in [-0.15, -0.1) is 11.3 Å². The molecule has 0 saturated carbocycles. The van der Waals surface area contributed by atoms with Crippen molar-refractivity contribution in [2.45, 2.75) is 29.4 Å². The van der Waals surface area contributed by atoms with Gasteiger partial charge in [0.2, 0.25) is 0 Å². The van der Waals surface area contributed by atoms with Crippen molar-refractivity contribution in [1.82, 2.24) is 4.98 Å². The van der Waals surface area contributed by atoms with Crippen LogP contribution in [0.2, 0.25) is 15.1 Å². The zero-order valence-electron chi connectivity index (χ0n) is 16.2. The van der Waals surface area contributed by atoms with Crippen LogP contribution in [0.3, 0.4) is 0 Å². The molecular weight excluding hydrogens is 502 g/mol. The summed E-state index contributed by atoms with van der Waals surface area (Å²) < 4.78 is 39.6. The lowest BCUT2D eigenvalue weighted by molar-refractivity contribution is 0.529. The van der Waals surface area contributed by atoms with Crippen LogP contribution in [-0.2, 0) is 16.3 Å². The van der Waals surface area contributed by atoms with Crippen molar-refractivity contribution in [2.75, 3.05) is 18.0 Å². The Morgan fingerprint density at radius 1 is 1.06 bits per heavy atom. The molecule has 10 heteroatoms. The summed E-state index contributed by atoms with van der Waals surface area (Å²) in [6.07, 6.45) is 1.44. The predicted octanol–water partition coefficient (Wildman–Crippen LogP) is 6.28. The van der Waals surface area contributed by atoms with Crippen molar-refractivity contribution < 1.29 is 12.8 Å². The maximum Gasteiger partial charge on any atom is 0.185 e. The van der Waals surface area contributed by atoms with Gasteiger partial charge in [-0.3, -0.25) is 0 Å². The van der Waals surface area contributed by atoms with Gasteiger partial charge < -0.3 is 4.90 Å². The Labute approximate surface area is 199 Å². The number of hydrogen-bond donors (Lipinski definition) is 0. The fourth-order valence-electron chi connectivity index (χ4n) is 3.69. The maximum atomic E-state index is 13.6. The van der Waals surface area contributed by atoms with Gasteiger partial charge in [-0.2, -0.15) is 0 Å². The molecule has 0 bridgehead atoms. The third kappa shape index (κ3) is 5.17. The molecule has 0 atom stereocenters. The minimum Gasteiger partial charge on any atom is -0.348 e. The van der Waals surface area contributed by atoms with E-state index in [4.69, 9.17) is 34.8 Å². The maximum absolute atomic E-state index is 13.6. The van der Waals surface area contributed by atoms with E-state index in [9.17, 15) is 12.8 Å². The van der Waals surface area contributed by atoms with Crippen LogP contribution in [0, 0.1) is 5.82 Å². The van der Waals surface area contributed by atoms with E-state index < -0.39 is 15.1 Å². The molecular formula is C21H18Cl3FN2O2S2. The summed E-state index contributed by atoms with van der Waals surface area (Å²) in [5, 5.41) is 3.17. The summed E-state index contributed by atoms with van der Waals surface area (Å²) in [4.78, 5) is 6.86. The van der Waals surface area contributed by atoms with Crippen LogP contribution in [-0.4, -0.2) is 31.7 Å². The fraction of sp³-hybridized carbons (Fsp3) is 0.286. The van der Waals surface area contributed by atoms with E-state index in [2.05, 4.69) is 9.88 Å². The molecule has 3 aromatic rings. The second-order valence-corrected chi connectivity index (χ2v) is 11.7. The minimum atomic E-state index is -3.54. The molecule has 1 aliphatic heterocycles. The number of rotatable bonds is 5. The predicted molar refractivity (Wildman–Crippen MR) is 125 cm³/mol. The number of sulfone groups is 1. The van der Waals surface area contributed by atoms with E-state index in [-0.39, 0.29) is 15.7 Å². The Morgan fingerprint density at radius 3 is 2.48 bits per heavy atom. The number of benzene rings is 2. The fourth-order valence-corrected chi connectivity index (χ4v) is 7.32. The quantitative estimate of drug-likeness (QED) is 0.398. The number of piperidine rings is 1. The number of nitrogens with zero attached hydrogens (tertiary/aromatic N) is 2. The first-order chi connectivity index (χ1) is 14.7. The molecule has 0 radical (unpaired) electrons. The lowest BCUT2D eigenvalue weighted by Gasteiger charge is -2.31. The largest absolute Gasteiger partial charge is 0.348 e. The smallest absolute Gasteiger partial charge is 0.185 e. The Hall–Kier alpha value is -1.38. The van der Waals surface area contributed by atoms with Gasteiger partial charge in [0, 0.05) is 34.9 Å². The third-order valence-electron chi connectivity index (χ3n) is 5.20. The molecule has 1 fully saturated rings. The number of halogens is 4. The highest BCUT2D eigenvalue weighted by atomic mass is 35.5. The zero-order valence-corrected chi connectivity index (χ0v) is 20.1. The Kier molecular flexibility index (Phi) is 6.79. The molecule has 2 heterocycles. The molecule has 164 valence electrons. The van der Waals surface area contributed by atoms with Crippen LogP contribution < -0.4 is 4.90 Å². The van der Waals surface area contributed by atoms with Crippen LogP contribution >= 0.6 is 46.1 Å². The zero-order chi connectivity index (χ0) is 22.2. The number of hydrogen-bond acceptors (Lipinski definition) is 5. The highest BCUT2D eigenvalue weighted by molar-refractivity contribution is 7.92. The Bertz CT molecular complexity index is 1190. The Morgan fingerprint density at radius 2 is 1.81 bits per heavy atom. The van der Waals surface area contributed by atoms with Crippen molar-refractivity contribution in [3.05, 3.63) is 73.9 Å². The van der Waals surface area contributed by atoms with E-state index >= 15 is 0 Å². The van der Waals surface area contributed by atoms with Crippen molar-refractivity contribution in [1.29, 1.82) is 0 Å². The van der Waals surface area contributed by atoms with Crippen LogP contribution in [0.15, 0.2) is 46.7 Å². The van der Waals surface area contributed by atoms with E-state index in [0.717, 1.165) is 16.4 Å². The third-order valence-corrected chi connectivity index (χ3v) is 9.35. The summed E-state index contributed by atoms with van der Waals surface area (Å²) >= 11 is 19.4. The van der Waals surface area contributed by atoms with Gasteiger partial charge >= 0.3 is 0 Å². The molecule has 0 spiro atoms. The van der Waals surface area contributed by atoms with Crippen LogP contribution in [0.1, 0.15) is 24.1 Å². The molecule has 31 heavy (non-hydrogen) atoms. The molecule has 2 aromatic carbocycles. The summed E-state index contributed by atoms with van der Waals surface area (Å²) in [6, 6.07) is 8.91. The highest BCUT2D eigenvalue weighted by Crippen LogP contribution is 2.33. The van der Waals surface area contributed by atoms with Crippen molar-refractivity contribution in [3.63, 3.8) is 0 Å². The first-order valence-corrected chi connectivity index (χ1v) is 13.1. The average molecular weight is 520 g/mol. The number of thiazole rings is 1. The SMILES string of the molecule is O=S(=O)(c1ccc(Cl)cc1Cl)C1CCN(c2nc(Cc3cc(F)cc(Cl)c3)cs2)CC1. The van der Waals surface area contributed by atoms with Crippen molar-refractivity contribution in [2.24, 2.45) is 0 Å². The normalized spacial score (nSPS) is 15.4. The number of aromatic nitrogens is 1. The molecule has 1 aliphatic rings. The first-order valence-electron chi connectivity index (χ1n) is 9.55. The standard InChI is InChI=1S/C21H18Cl3FN2O2S2/c22-14-1-2-20(19(24)11-14)31(28,29)18-3-5-27(6-4-18)21-26-17(12-30-21)9-13-7-15(23)10-16(25)8-13/h1-2,7-8,10-12,18H,3-6,9H2. The van der Waals surface area contributed by atoms with E-state index in [1.165, 1.54) is 35.6 Å². The lowest BCUT2D eigenvalue weighted by Crippen LogP contribution is -2.39. The van der Waals surface area contributed by atoms with Gasteiger partial charge in [0.1, 0.15) is 5.82 Å². The topological polar surface area (TPSA) is 50.3 Å². The van der Waals surface area contributed by atoms with E-state index in [0.29, 0.717) is 42.4 Å². The average Bonchev–Trinajstić information content (AvgIpc) is 3.15. The molecule has 1 aromatic heterocycles. The second-order valence-electron chi connectivity index (χ2n) is 7.38. The monoisotopic (exact) mass is 518 g/mol. The summed E-state index contributed by atoms with van der Waals surface area (Å²) in [7, 11) is -3.54. The lowest BCUT2D eigenvalue weighted by atomic mass is 10.1. The molecule has 4 rings (SSSR count). The van der Waals surface area contributed by atoms with Gasteiger partial charge in [-0.05, 0) is 54.8 Å². The summed E-state index contributed by atoms with van der Waals surface area (Å²) in [5.41, 5.74) is 1.58. The summed E-state index contributed by atoms with van der Waals surface area (Å²) in [5.74, 6) is -0.373. The van der Waals surface area contributed by atoms with Gasteiger partial charge in [0.05, 0.1) is 20.9 Å². The van der Waals surface area contributed by atoms with E-state index in [1.807, 2.05) is 5.38 Å².